The fourth-order valence-corrected chi connectivity index (χ4v) is 4.98. The van der Waals surface area contributed by atoms with Gasteiger partial charge in [-0.15, -0.1) is 0 Å². The molecule has 1 N–H and O–H groups in total. The molecule has 1 fully saturated rings. The second-order valence-electron chi connectivity index (χ2n) is 10.8. The maximum Gasteiger partial charge on any atom is 0.511 e. The molecule has 0 saturated carbocycles. The monoisotopic (exact) mass is 650 g/mol. The van der Waals surface area contributed by atoms with Gasteiger partial charge in [0.25, 0.3) is 11.8 Å². The molecule has 0 radical (unpaired) electrons. The number of carbonyl (C=O) groups excluding carboxylic acids is 3. The number of ether oxygens (including phenoxy) is 5. The Morgan fingerprint density at radius 1 is 1.15 bits per heavy atom. The van der Waals surface area contributed by atoms with Crippen LogP contribution in [0.2, 0.25) is 0 Å². The average Bonchev–Trinajstić information content (AvgIpc) is 3.18. The molecule has 2 amide bonds. The second-order valence-corrected chi connectivity index (χ2v) is 10.8. The third-order valence-electron chi connectivity index (χ3n) is 7.76. The van der Waals surface area contributed by atoms with Crippen molar-refractivity contribution in [3.05, 3.63) is 63.1 Å². The average molecular weight is 651 g/mol. The maximum absolute atomic E-state index is 14.2. The van der Waals surface area contributed by atoms with Gasteiger partial charge in [-0.1, -0.05) is 11.2 Å². The first-order valence-electron chi connectivity index (χ1n) is 14.5. The fourth-order valence-electron chi connectivity index (χ4n) is 4.98. The molecule has 4 rings (SSSR count). The lowest BCUT2D eigenvalue weighted by molar-refractivity contribution is -0.0201. The highest BCUT2D eigenvalue weighted by molar-refractivity contribution is 5.99. The van der Waals surface area contributed by atoms with Crippen molar-refractivity contribution < 1.29 is 51.7 Å². The van der Waals surface area contributed by atoms with Crippen LogP contribution in [0.5, 0.6) is 5.75 Å². The summed E-state index contributed by atoms with van der Waals surface area (Å²) in [5, 5.41) is 6.47. The molecule has 4 atom stereocenters. The third-order valence-corrected chi connectivity index (χ3v) is 7.76. The molecule has 16 heteroatoms. The molecule has 2 bridgehead atoms. The summed E-state index contributed by atoms with van der Waals surface area (Å²) in [5.74, 6) is -3.46. The summed E-state index contributed by atoms with van der Waals surface area (Å²) in [7, 11) is 2.87. The lowest BCUT2D eigenvalue weighted by Gasteiger charge is -2.38. The Morgan fingerprint density at radius 3 is 2.61 bits per heavy atom. The van der Waals surface area contributed by atoms with Crippen LogP contribution in [0, 0.1) is 11.6 Å². The summed E-state index contributed by atoms with van der Waals surface area (Å²) >= 11 is 0. The van der Waals surface area contributed by atoms with Crippen molar-refractivity contribution in [1.82, 2.24) is 14.8 Å². The lowest BCUT2D eigenvalue weighted by atomic mass is 10.0. The van der Waals surface area contributed by atoms with Gasteiger partial charge in [0.2, 0.25) is 23.9 Å². The number of nitrogens with one attached hydrogen (secondary N) is 1. The highest BCUT2D eigenvalue weighted by Gasteiger charge is 2.44. The van der Waals surface area contributed by atoms with Gasteiger partial charge in [0.15, 0.2) is 5.69 Å². The van der Waals surface area contributed by atoms with Crippen LogP contribution >= 0.6 is 0 Å². The van der Waals surface area contributed by atoms with E-state index in [0.717, 1.165) is 12.1 Å². The molecule has 0 aliphatic carbocycles. The van der Waals surface area contributed by atoms with E-state index in [1.165, 1.54) is 25.0 Å². The summed E-state index contributed by atoms with van der Waals surface area (Å²) in [6, 6.07) is 1.96. The molecule has 14 nitrogen and oxygen atoms in total. The first kappa shape index (κ1) is 34.1. The number of hydrogen-bond acceptors (Lipinski definition) is 11. The Bertz CT molecular complexity index is 1550. The predicted octanol–water partition coefficient (Wildman–Crippen LogP) is 3.13. The number of hydrogen-bond donors (Lipinski definition) is 1. The van der Waals surface area contributed by atoms with Gasteiger partial charge >= 0.3 is 6.16 Å². The van der Waals surface area contributed by atoms with Crippen molar-refractivity contribution in [3.8, 4) is 5.75 Å². The van der Waals surface area contributed by atoms with Gasteiger partial charge in [0.05, 0.1) is 19.3 Å². The number of amides is 2. The number of methoxy groups -OCH3 is 2. The van der Waals surface area contributed by atoms with Crippen molar-refractivity contribution >= 4 is 23.9 Å². The summed E-state index contributed by atoms with van der Waals surface area (Å²) in [6.45, 7) is 3.95. The molecule has 1 unspecified atom stereocenters. The van der Waals surface area contributed by atoms with Crippen LogP contribution in [0.4, 0.5) is 13.6 Å². The lowest BCUT2D eigenvalue weighted by Crippen LogP contribution is -2.49. The Hall–Kier alpha value is -4.73. The van der Waals surface area contributed by atoms with E-state index in [9.17, 15) is 28.0 Å². The molecule has 1 saturated heterocycles. The van der Waals surface area contributed by atoms with E-state index in [4.69, 9.17) is 28.5 Å². The molecule has 2 aliphatic heterocycles. The molecule has 250 valence electrons. The van der Waals surface area contributed by atoms with Gasteiger partial charge in [-0.05, 0) is 32.8 Å². The van der Waals surface area contributed by atoms with Crippen molar-refractivity contribution in [3.63, 3.8) is 0 Å². The number of aromatic nitrogens is 1. The molecule has 2 aromatic rings. The minimum atomic E-state index is -1.12. The van der Waals surface area contributed by atoms with Crippen LogP contribution < -0.4 is 15.5 Å². The largest absolute Gasteiger partial charge is 0.511 e. The standard InChI is InChI=1S/C30H36F2N4O10/c1-16-6-9-24(46-34-18(3)42-5)23-13-35(16)29(39)25-27(44-15-45-30(40)43-14-17(2)41-4)26(37)21(12-36(23)25)28(38)33-11-19-7-8-20(31)10-22(19)32/h7-8,10,12,16-17,23-24H,6,9,11,13-15H2,1-5H3,(H,33,38)/b34-18+/t16-,17-,23?,24+/m0/s1. The molecule has 1 aromatic carbocycles. The van der Waals surface area contributed by atoms with E-state index >= 15 is 0 Å². The number of nitrogens with zero attached hydrogens (tertiary/aromatic N) is 3. The molecule has 1 aromatic heterocycles. The third kappa shape index (κ3) is 7.73. The number of oxime groups is 1. The van der Waals surface area contributed by atoms with Crippen LogP contribution in [0.1, 0.15) is 66.1 Å². The van der Waals surface area contributed by atoms with Crippen molar-refractivity contribution in [2.75, 3.05) is 34.2 Å². The van der Waals surface area contributed by atoms with Crippen LogP contribution in [-0.2, 0) is 30.3 Å². The minimum Gasteiger partial charge on any atom is -0.482 e. The Balaban J connectivity index is 1.72. The van der Waals surface area contributed by atoms with Crippen molar-refractivity contribution in [2.24, 2.45) is 5.16 Å². The van der Waals surface area contributed by atoms with Crippen LogP contribution in [-0.4, -0.2) is 85.7 Å². The zero-order chi connectivity index (χ0) is 33.5. The zero-order valence-corrected chi connectivity index (χ0v) is 26.0. The van der Waals surface area contributed by atoms with Crippen LogP contribution in [0.3, 0.4) is 0 Å². The topological polar surface area (TPSA) is 156 Å². The van der Waals surface area contributed by atoms with E-state index in [1.807, 2.05) is 6.92 Å². The van der Waals surface area contributed by atoms with E-state index in [0.29, 0.717) is 18.9 Å². The predicted molar refractivity (Wildman–Crippen MR) is 156 cm³/mol. The maximum atomic E-state index is 14.2. The second kappa shape index (κ2) is 15.0. The van der Waals surface area contributed by atoms with E-state index in [2.05, 4.69) is 10.5 Å². The normalized spacial score (nSPS) is 19.8. The molecular formula is C30H36F2N4O10. The molecule has 0 spiro atoms. The highest BCUT2D eigenvalue weighted by Crippen LogP contribution is 2.36. The van der Waals surface area contributed by atoms with Gasteiger partial charge in [-0.3, -0.25) is 14.4 Å². The van der Waals surface area contributed by atoms with E-state index in [1.54, 1.807) is 18.7 Å². The van der Waals surface area contributed by atoms with Gasteiger partial charge in [-0.2, -0.15) is 0 Å². The van der Waals surface area contributed by atoms with E-state index in [-0.39, 0.29) is 42.9 Å². The Labute approximate surface area is 263 Å². The number of benzene rings is 1. The van der Waals surface area contributed by atoms with Gasteiger partial charge < -0.3 is 43.3 Å². The number of carbonyl (C=O) groups is 3. The Morgan fingerprint density at radius 2 is 1.91 bits per heavy atom. The van der Waals surface area contributed by atoms with Crippen molar-refractivity contribution in [2.45, 2.75) is 64.4 Å². The number of rotatable bonds is 11. The SMILES string of the molecule is CO/C(C)=N/O[C@@H]1CC[C@H](C)N2CC1n1cc(C(=O)NCc3ccc(F)cc3F)c(=O)c(OCOC(=O)OC[C@H](C)OC)c1C2=O. The van der Waals surface area contributed by atoms with Crippen molar-refractivity contribution in [1.29, 1.82) is 0 Å². The molecular weight excluding hydrogens is 614 g/mol. The quantitative estimate of drug-likeness (QED) is 0.126. The summed E-state index contributed by atoms with van der Waals surface area (Å²) < 4.78 is 54.6. The van der Waals surface area contributed by atoms with Crippen LogP contribution in [0.15, 0.2) is 34.3 Å². The summed E-state index contributed by atoms with van der Waals surface area (Å²) in [6.07, 6.45) is 0.0463. The van der Waals surface area contributed by atoms with Gasteiger partial charge in [-0.25, -0.2) is 13.6 Å². The summed E-state index contributed by atoms with van der Waals surface area (Å²) in [5.41, 5.74) is -1.66. The first-order valence-corrected chi connectivity index (χ1v) is 14.5. The highest BCUT2D eigenvalue weighted by atomic mass is 19.1. The van der Waals surface area contributed by atoms with Gasteiger partial charge in [0, 0.05) is 51.0 Å². The fraction of sp³-hybridized carbons (Fsp3) is 0.500. The first-order chi connectivity index (χ1) is 21.9. The summed E-state index contributed by atoms with van der Waals surface area (Å²) in [4.78, 5) is 60.4. The van der Waals surface area contributed by atoms with E-state index < -0.39 is 71.4 Å². The minimum absolute atomic E-state index is 0.0256. The molecule has 2 aliphatic rings. The molecule has 3 heterocycles. The Kier molecular flexibility index (Phi) is 11.2. The zero-order valence-electron chi connectivity index (χ0n) is 26.0. The number of pyridine rings is 1. The number of halogens is 2. The molecule has 46 heavy (non-hydrogen) atoms. The smallest absolute Gasteiger partial charge is 0.482 e. The van der Waals surface area contributed by atoms with Crippen LogP contribution in [0.25, 0.3) is 0 Å². The van der Waals surface area contributed by atoms with Gasteiger partial charge in [0.1, 0.15) is 29.9 Å². The number of fused-ring (bicyclic) bond motifs is 4.